The van der Waals surface area contributed by atoms with Crippen LogP contribution in [0.3, 0.4) is 0 Å². The number of aromatic nitrogens is 4. The van der Waals surface area contributed by atoms with Gasteiger partial charge in [0.25, 0.3) is 0 Å². The Morgan fingerprint density at radius 2 is 2.00 bits per heavy atom. The fourth-order valence-electron chi connectivity index (χ4n) is 1.69. The van der Waals surface area contributed by atoms with Gasteiger partial charge in [-0.2, -0.15) is 9.61 Å². The molecule has 0 atom stereocenters. The van der Waals surface area contributed by atoms with Crippen LogP contribution < -0.4 is 11.0 Å². The summed E-state index contributed by atoms with van der Waals surface area (Å²) in [6, 6.07) is 11.1. The number of nitrogens with one attached hydrogen (secondary N) is 2. The Bertz CT molecular complexity index is 762. The quantitative estimate of drug-likeness (QED) is 0.716. The molecule has 0 aliphatic carbocycles. The standard InChI is InChI=1S/C12H10ClN5O/c13-7-8-1-3-9(4-2-8)14-10-5-6-11-15-16-12(19)18(11)17-10/h1-6H,7H2,(H,14,17)(H,16,19). The average molecular weight is 276 g/mol. The van der Waals surface area contributed by atoms with Crippen LogP contribution in [0.1, 0.15) is 5.56 Å². The summed E-state index contributed by atoms with van der Waals surface area (Å²) in [7, 11) is 0. The number of benzene rings is 1. The van der Waals surface area contributed by atoms with Crippen LogP contribution in [-0.4, -0.2) is 19.8 Å². The molecule has 7 heteroatoms. The topological polar surface area (TPSA) is 75.1 Å². The number of alkyl halides is 1. The lowest BCUT2D eigenvalue weighted by Gasteiger charge is -2.05. The largest absolute Gasteiger partial charge is 0.364 e. The second kappa shape index (κ2) is 4.74. The van der Waals surface area contributed by atoms with E-state index in [2.05, 4.69) is 20.6 Å². The summed E-state index contributed by atoms with van der Waals surface area (Å²) < 4.78 is 1.20. The van der Waals surface area contributed by atoms with Crippen molar-refractivity contribution in [3.05, 3.63) is 52.4 Å². The second-order valence-corrected chi connectivity index (χ2v) is 4.24. The van der Waals surface area contributed by atoms with Crippen LogP contribution in [0, 0.1) is 0 Å². The Labute approximate surface area is 113 Å². The highest BCUT2D eigenvalue weighted by Crippen LogP contribution is 2.15. The van der Waals surface area contributed by atoms with Gasteiger partial charge < -0.3 is 5.32 Å². The molecular formula is C12H10ClN5O. The summed E-state index contributed by atoms with van der Waals surface area (Å²) in [5.74, 6) is 1.05. The average Bonchev–Trinajstić information content (AvgIpc) is 2.81. The first-order chi connectivity index (χ1) is 9.26. The molecule has 2 heterocycles. The minimum absolute atomic E-state index is 0.365. The van der Waals surface area contributed by atoms with Crippen molar-refractivity contribution in [3.63, 3.8) is 0 Å². The van der Waals surface area contributed by atoms with Gasteiger partial charge in [-0.15, -0.1) is 16.7 Å². The van der Waals surface area contributed by atoms with Crippen molar-refractivity contribution in [3.8, 4) is 0 Å². The van der Waals surface area contributed by atoms with Crippen molar-refractivity contribution >= 4 is 28.8 Å². The third kappa shape index (κ3) is 2.30. The normalized spacial score (nSPS) is 10.8. The molecule has 0 unspecified atom stereocenters. The van der Waals surface area contributed by atoms with E-state index < -0.39 is 0 Å². The van der Waals surface area contributed by atoms with Crippen LogP contribution >= 0.6 is 11.6 Å². The number of H-pyrrole nitrogens is 1. The Hall–Kier alpha value is -2.34. The van der Waals surface area contributed by atoms with Crippen LogP contribution in [0.25, 0.3) is 5.65 Å². The summed E-state index contributed by atoms with van der Waals surface area (Å²) in [5.41, 5.74) is 2.03. The highest BCUT2D eigenvalue weighted by atomic mass is 35.5. The maximum atomic E-state index is 11.4. The number of nitrogens with zero attached hydrogens (tertiary/aromatic N) is 3. The zero-order valence-electron chi connectivity index (χ0n) is 9.80. The monoisotopic (exact) mass is 275 g/mol. The number of anilines is 2. The molecule has 0 amide bonds. The molecule has 96 valence electrons. The third-order valence-electron chi connectivity index (χ3n) is 2.65. The van der Waals surface area contributed by atoms with Gasteiger partial charge >= 0.3 is 5.69 Å². The number of hydrogen-bond donors (Lipinski definition) is 2. The maximum absolute atomic E-state index is 11.4. The number of halogens is 1. The summed E-state index contributed by atoms with van der Waals surface area (Å²) in [4.78, 5) is 11.4. The minimum Gasteiger partial charge on any atom is -0.339 e. The Balaban J connectivity index is 1.91. The molecule has 0 saturated carbocycles. The fourth-order valence-corrected chi connectivity index (χ4v) is 1.87. The summed E-state index contributed by atoms with van der Waals surface area (Å²) in [6.07, 6.45) is 0. The van der Waals surface area contributed by atoms with Gasteiger partial charge in [-0.1, -0.05) is 12.1 Å². The van der Waals surface area contributed by atoms with E-state index in [9.17, 15) is 4.79 Å². The van der Waals surface area contributed by atoms with Gasteiger partial charge in [-0.05, 0) is 29.8 Å². The predicted octanol–water partition coefficient (Wildman–Crippen LogP) is 1.90. The Morgan fingerprint density at radius 3 is 2.74 bits per heavy atom. The Kier molecular flexibility index (Phi) is 2.92. The van der Waals surface area contributed by atoms with Gasteiger partial charge in [-0.3, -0.25) is 0 Å². The molecule has 0 bridgehead atoms. The van der Waals surface area contributed by atoms with Gasteiger partial charge in [0.05, 0.1) is 0 Å². The van der Waals surface area contributed by atoms with Gasteiger partial charge in [0.15, 0.2) is 11.5 Å². The first-order valence-electron chi connectivity index (χ1n) is 5.63. The van der Waals surface area contributed by atoms with Crippen LogP contribution in [0.2, 0.25) is 0 Å². The molecule has 0 saturated heterocycles. The van der Waals surface area contributed by atoms with Crippen LogP contribution in [0.15, 0.2) is 41.2 Å². The second-order valence-electron chi connectivity index (χ2n) is 3.97. The van der Waals surface area contributed by atoms with E-state index in [0.29, 0.717) is 17.3 Å². The van der Waals surface area contributed by atoms with Crippen molar-refractivity contribution in [1.82, 2.24) is 19.8 Å². The molecule has 0 aliphatic heterocycles. The van der Waals surface area contributed by atoms with Crippen LogP contribution in [0.4, 0.5) is 11.5 Å². The van der Waals surface area contributed by atoms with Crippen molar-refractivity contribution < 1.29 is 0 Å². The first kappa shape index (κ1) is 11.7. The Morgan fingerprint density at radius 1 is 1.21 bits per heavy atom. The highest BCUT2D eigenvalue weighted by molar-refractivity contribution is 6.17. The zero-order valence-corrected chi connectivity index (χ0v) is 10.6. The van der Waals surface area contributed by atoms with Gasteiger partial charge in [-0.25, -0.2) is 9.89 Å². The molecule has 3 rings (SSSR count). The molecule has 2 N–H and O–H groups in total. The number of fused-ring (bicyclic) bond motifs is 1. The van der Waals surface area contributed by atoms with Crippen LogP contribution in [0.5, 0.6) is 0 Å². The van der Waals surface area contributed by atoms with Crippen LogP contribution in [-0.2, 0) is 5.88 Å². The van der Waals surface area contributed by atoms with E-state index in [1.54, 1.807) is 12.1 Å². The van der Waals surface area contributed by atoms with Crippen molar-refractivity contribution in [2.45, 2.75) is 5.88 Å². The summed E-state index contributed by atoms with van der Waals surface area (Å²) in [6.45, 7) is 0. The molecule has 2 aromatic heterocycles. The zero-order chi connectivity index (χ0) is 13.2. The lowest BCUT2D eigenvalue weighted by Crippen LogP contribution is -2.13. The molecule has 19 heavy (non-hydrogen) atoms. The summed E-state index contributed by atoms with van der Waals surface area (Å²) >= 11 is 5.73. The van der Waals surface area contributed by atoms with Gasteiger partial charge in [0.1, 0.15) is 0 Å². The predicted molar refractivity (Wildman–Crippen MR) is 72.9 cm³/mol. The molecule has 6 nitrogen and oxygen atoms in total. The smallest absolute Gasteiger partial charge is 0.339 e. The number of hydrogen-bond acceptors (Lipinski definition) is 4. The van der Waals surface area contributed by atoms with E-state index in [4.69, 9.17) is 11.6 Å². The van der Waals surface area contributed by atoms with Gasteiger partial charge in [0, 0.05) is 11.6 Å². The highest BCUT2D eigenvalue weighted by Gasteiger charge is 2.03. The fraction of sp³-hybridized carbons (Fsp3) is 0.0833. The molecule has 1 aromatic carbocycles. The van der Waals surface area contributed by atoms with E-state index in [1.807, 2.05) is 24.3 Å². The molecule has 0 radical (unpaired) electrons. The SMILES string of the molecule is O=c1[nH]nc2ccc(Nc3ccc(CCl)cc3)nn12. The van der Waals surface area contributed by atoms with Crippen molar-refractivity contribution in [2.75, 3.05) is 5.32 Å². The summed E-state index contributed by atoms with van der Waals surface area (Å²) in [5, 5.41) is 13.4. The van der Waals surface area contributed by atoms with Crippen molar-refractivity contribution in [2.24, 2.45) is 0 Å². The minimum atomic E-state index is -0.365. The molecule has 0 aliphatic rings. The molecule has 3 aromatic rings. The first-order valence-corrected chi connectivity index (χ1v) is 6.16. The molecule has 0 spiro atoms. The van der Waals surface area contributed by atoms with E-state index in [0.717, 1.165) is 11.3 Å². The number of aromatic amines is 1. The van der Waals surface area contributed by atoms with Gasteiger partial charge in [0.2, 0.25) is 0 Å². The van der Waals surface area contributed by atoms with Crippen molar-refractivity contribution in [1.29, 1.82) is 0 Å². The maximum Gasteiger partial charge on any atom is 0.364 e. The molecular weight excluding hydrogens is 266 g/mol. The lowest BCUT2D eigenvalue weighted by molar-refractivity contribution is 0.885. The van der Waals surface area contributed by atoms with E-state index >= 15 is 0 Å². The number of rotatable bonds is 3. The van der Waals surface area contributed by atoms with E-state index in [-0.39, 0.29) is 5.69 Å². The molecule has 0 fully saturated rings. The third-order valence-corrected chi connectivity index (χ3v) is 2.96. The van der Waals surface area contributed by atoms with E-state index in [1.165, 1.54) is 4.52 Å². The lowest BCUT2D eigenvalue weighted by atomic mass is 10.2.